The van der Waals surface area contributed by atoms with E-state index in [2.05, 4.69) is 16.4 Å². The van der Waals surface area contributed by atoms with E-state index in [9.17, 15) is 9.59 Å². The van der Waals surface area contributed by atoms with Crippen LogP contribution in [0.1, 0.15) is 28.7 Å². The molecule has 0 aromatic heterocycles. The van der Waals surface area contributed by atoms with Crippen LogP contribution in [-0.4, -0.2) is 32.0 Å². The van der Waals surface area contributed by atoms with Crippen LogP contribution in [0.15, 0.2) is 0 Å². The molecule has 14 heavy (non-hydrogen) atoms. The molecule has 5 nitrogen and oxygen atoms in total. The van der Waals surface area contributed by atoms with Crippen LogP contribution < -0.4 is 16.4 Å². The Morgan fingerprint density at radius 2 is 1.14 bits per heavy atom. The van der Waals surface area contributed by atoms with Crippen molar-refractivity contribution >= 4 is 11.8 Å². The summed E-state index contributed by atoms with van der Waals surface area (Å²) in [6, 6.07) is 0. The molecule has 0 radical (unpaired) electrons. The summed E-state index contributed by atoms with van der Waals surface area (Å²) in [5.41, 5.74) is 4.50. The quantitative estimate of drug-likeness (QED) is 0.574. The molecule has 0 saturated heterocycles. The largest absolute Gasteiger partial charge is 0.355 e. The Morgan fingerprint density at radius 3 is 1.29 bits per heavy atom. The van der Waals surface area contributed by atoms with E-state index < -0.39 is 0 Å². The van der Waals surface area contributed by atoms with Crippen LogP contribution in [0.4, 0.5) is 0 Å². The zero-order chi connectivity index (χ0) is 9.98. The van der Waals surface area contributed by atoms with Gasteiger partial charge < -0.3 is 16.4 Å². The zero-order valence-electron chi connectivity index (χ0n) is 7.81. The molecule has 0 aliphatic heterocycles. The van der Waals surface area contributed by atoms with E-state index in [0.717, 1.165) is 0 Å². The lowest BCUT2D eigenvalue weighted by Gasteiger charge is -2.01. The van der Waals surface area contributed by atoms with E-state index in [1.807, 2.05) is 0 Å². The predicted molar refractivity (Wildman–Crippen MR) is 60.9 cm³/mol. The van der Waals surface area contributed by atoms with Crippen molar-refractivity contribution in [2.24, 2.45) is 5.73 Å². The van der Waals surface area contributed by atoms with E-state index >= 15 is 0 Å². The maximum absolute atomic E-state index is 10.3. The molecule has 88 valence electrons. The lowest BCUT2D eigenvalue weighted by atomic mass is 10.5. The van der Waals surface area contributed by atoms with Crippen LogP contribution in [0.2, 0.25) is 0 Å². The minimum absolute atomic E-state index is 0. The van der Waals surface area contributed by atoms with E-state index in [-0.39, 0.29) is 26.7 Å². The number of hydrogen-bond donors (Lipinski definition) is 3. The molecule has 0 spiro atoms. The highest BCUT2D eigenvalue weighted by Crippen LogP contribution is 1.61. The van der Waals surface area contributed by atoms with Gasteiger partial charge in [0.05, 0.1) is 0 Å². The summed E-state index contributed by atoms with van der Waals surface area (Å²) in [5, 5.41) is 5.09. The molecular formula is C9H25N3O2. The SMILES string of the molecule is C.C.CC(=O)NCCNC(C)=O.CN. The number of carbonyl (C=O) groups is 2. The van der Waals surface area contributed by atoms with Gasteiger partial charge >= 0.3 is 0 Å². The Morgan fingerprint density at radius 1 is 0.929 bits per heavy atom. The Kier molecular flexibility index (Phi) is 29.4. The normalized spacial score (nSPS) is 6.57. The molecule has 0 atom stereocenters. The third-order valence-corrected chi connectivity index (χ3v) is 0.873. The summed E-state index contributed by atoms with van der Waals surface area (Å²) in [6.07, 6.45) is 0. The Hall–Kier alpha value is -1.10. The molecule has 4 N–H and O–H groups in total. The van der Waals surface area contributed by atoms with Crippen molar-refractivity contribution in [3.63, 3.8) is 0 Å². The molecule has 0 heterocycles. The number of nitrogens with two attached hydrogens (primary N) is 1. The number of rotatable bonds is 3. The van der Waals surface area contributed by atoms with Crippen LogP contribution in [0.5, 0.6) is 0 Å². The highest BCUT2D eigenvalue weighted by atomic mass is 16.2. The van der Waals surface area contributed by atoms with Gasteiger partial charge in [-0.2, -0.15) is 0 Å². The lowest BCUT2D eigenvalue weighted by Crippen LogP contribution is -2.32. The molecule has 0 aliphatic carbocycles. The van der Waals surface area contributed by atoms with Crippen LogP contribution in [0, 0.1) is 0 Å². The summed E-state index contributed by atoms with van der Waals surface area (Å²) >= 11 is 0. The van der Waals surface area contributed by atoms with E-state index in [4.69, 9.17) is 0 Å². The molecule has 5 heteroatoms. The number of carbonyl (C=O) groups excluding carboxylic acids is 2. The van der Waals surface area contributed by atoms with Gasteiger partial charge in [-0.1, -0.05) is 14.9 Å². The first-order valence-corrected chi connectivity index (χ1v) is 3.69. The molecule has 0 aromatic carbocycles. The van der Waals surface area contributed by atoms with Crippen molar-refractivity contribution in [1.82, 2.24) is 10.6 Å². The molecule has 0 bridgehead atoms. The molecule has 0 unspecified atom stereocenters. The molecule has 0 fully saturated rings. The topological polar surface area (TPSA) is 84.2 Å². The zero-order valence-corrected chi connectivity index (χ0v) is 7.81. The second-order valence-corrected chi connectivity index (χ2v) is 1.97. The third-order valence-electron chi connectivity index (χ3n) is 0.873. The van der Waals surface area contributed by atoms with Crippen LogP contribution >= 0.6 is 0 Å². The molecule has 0 aromatic rings. The molecule has 0 aliphatic rings. The minimum Gasteiger partial charge on any atom is -0.355 e. The van der Waals surface area contributed by atoms with Crippen molar-refractivity contribution in [2.75, 3.05) is 20.1 Å². The number of amides is 2. The maximum atomic E-state index is 10.3. The van der Waals surface area contributed by atoms with Gasteiger partial charge in [-0.25, -0.2) is 0 Å². The van der Waals surface area contributed by atoms with Gasteiger partial charge in [-0.05, 0) is 7.05 Å². The van der Waals surface area contributed by atoms with Crippen molar-refractivity contribution in [2.45, 2.75) is 28.7 Å². The van der Waals surface area contributed by atoms with Gasteiger partial charge in [0, 0.05) is 26.9 Å². The highest BCUT2D eigenvalue weighted by molar-refractivity contribution is 5.74. The monoisotopic (exact) mass is 207 g/mol. The summed E-state index contributed by atoms with van der Waals surface area (Å²) in [4.78, 5) is 20.5. The standard InChI is InChI=1S/C6H12N2O2.CH5N.2CH4/c1-5(9)7-3-4-8-6(2)10;1-2;;/h3-4H2,1-2H3,(H,7,9)(H,8,10);2H2,1H3;2*1H4. The average molecular weight is 207 g/mol. The number of nitrogens with one attached hydrogen (secondary N) is 2. The fourth-order valence-corrected chi connectivity index (χ4v) is 0.477. The van der Waals surface area contributed by atoms with Gasteiger partial charge in [0.2, 0.25) is 11.8 Å². The summed E-state index contributed by atoms with van der Waals surface area (Å²) < 4.78 is 0. The van der Waals surface area contributed by atoms with Crippen molar-refractivity contribution in [3.05, 3.63) is 0 Å². The van der Waals surface area contributed by atoms with Gasteiger partial charge in [0.15, 0.2) is 0 Å². The predicted octanol–water partition coefficient (Wildman–Crippen LogP) is 0.106. The molecule has 0 rings (SSSR count). The second kappa shape index (κ2) is 17.8. The fraction of sp³-hybridized carbons (Fsp3) is 0.778. The molecule has 0 saturated carbocycles. The fourth-order valence-electron chi connectivity index (χ4n) is 0.477. The van der Waals surface area contributed by atoms with Gasteiger partial charge in [0.25, 0.3) is 0 Å². The second-order valence-electron chi connectivity index (χ2n) is 1.97. The summed E-state index contributed by atoms with van der Waals surface area (Å²) in [5.74, 6) is -0.157. The summed E-state index contributed by atoms with van der Waals surface area (Å²) in [6.45, 7) is 3.87. The van der Waals surface area contributed by atoms with E-state index in [1.54, 1.807) is 0 Å². The first-order chi connectivity index (χ1) is 5.63. The Balaban J connectivity index is -0.000000117. The Labute approximate surface area is 87.4 Å². The van der Waals surface area contributed by atoms with Crippen LogP contribution in [-0.2, 0) is 9.59 Å². The third kappa shape index (κ3) is 30.7. The van der Waals surface area contributed by atoms with Gasteiger partial charge in [-0.15, -0.1) is 0 Å². The molecule has 2 amide bonds. The lowest BCUT2D eigenvalue weighted by molar-refractivity contribution is -0.120. The highest BCUT2D eigenvalue weighted by Gasteiger charge is 1.90. The first kappa shape index (κ1) is 23.1. The maximum Gasteiger partial charge on any atom is 0.216 e. The first-order valence-electron chi connectivity index (χ1n) is 3.69. The van der Waals surface area contributed by atoms with Gasteiger partial charge in [-0.3, -0.25) is 9.59 Å². The van der Waals surface area contributed by atoms with Crippen molar-refractivity contribution in [3.8, 4) is 0 Å². The summed E-state index contributed by atoms with van der Waals surface area (Å²) in [7, 11) is 1.50. The minimum atomic E-state index is -0.0784. The van der Waals surface area contributed by atoms with Crippen LogP contribution in [0.25, 0.3) is 0 Å². The average Bonchev–Trinajstić information content (AvgIpc) is 2.02. The van der Waals surface area contributed by atoms with Gasteiger partial charge in [0.1, 0.15) is 0 Å². The van der Waals surface area contributed by atoms with Crippen molar-refractivity contribution in [1.29, 1.82) is 0 Å². The van der Waals surface area contributed by atoms with E-state index in [0.29, 0.717) is 13.1 Å². The smallest absolute Gasteiger partial charge is 0.216 e. The van der Waals surface area contributed by atoms with E-state index in [1.165, 1.54) is 20.9 Å². The number of hydrogen-bond acceptors (Lipinski definition) is 3. The van der Waals surface area contributed by atoms with Crippen molar-refractivity contribution < 1.29 is 9.59 Å². The van der Waals surface area contributed by atoms with Crippen LogP contribution in [0.3, 0.4) is 0 Å². The Bertz CT molecular complexity index is 122. The molecular weight excluding hydrogens is 182 g/mol.